The lowest BCUT2D eigenvalue weighted by Gasteiger charge is -2.32. The first-order valence-electron chi connectivity index (χ1n) is 8.02. The maximum absolute atomic E-state index is 9.78. The second-order valence-electron chi connectivity index (χ2n) is 7.48. The molecular weight excluding hydrogens is 279 g/mol. The normalized spacial score (nSPS) is 24.3. The predicted molar refractivity (Wildman–Crippen MR) is 86.5 cm³/mol. The minimum Gasteiger partial charge on any atom is -0.493 e. The third-order valence-electron chi connectivity index (χ3n) is 5.07. The van der Waals surface area contributed by atoms with Crippen LogP contribution in [-0.4, -0.2) is 35.6 Å². The van der Waals surface area contributed by atoms with E-state index in [9.17, 15) is 5.11 Å². The van der Waals surface area contributed by atoms with E-state index < -0.39 is 5.60 Å². The van der Waals surface area contributed by atoms with Gasteiger partial charge in [-0.3, -0.25) is 0 Å². The molecule has 2 fully saturated rings. The molecule has 4 nitrogen and oxygen atoms in total. The van der Waals surface area contributed by atoms with Gasteiger partial charge >= 0.3 is 7.12 Å². The molecule has 2 aliphatic rings. The van der Waals surface area contributed by atoms with E-state index in [-0.39, 0.29) is 18.3 Å². The molecule has 0 radical (unpaired) electrons. The number of hydrogen-bond acceptors (Lipinski definition) is 4. The minimum absolute atomic E-state index is 0.327. The zero-order chi connectivity index (χ0) is 16.0. The molecule has 0 aromatic heterocycles. The Morgan fingerprint density at radius 2 is 1.59 bits per heavy atom. The molecule has 0 spiro atoms. The predicted octanol–water partition coefficient (Wildman–Crippen LogP) is 2.28. The second-order valence-corrected chi connectivity index (χ2v) is 7.48. The van der Waals surface area contributed by atoms with Crippen LogP contribution < -0.4 is 10.2 Å². The van der Waals surface area contributed by atoms with Gasteiger partial charge in [-0.05, 0) is 58.1 Å². The standard InChI is InChI=1S/C17H25BO4/c1-15(2)16(3,4)22-18(21-15)13-5-7-14(8-6-13)20-12-11-17(19)9-10-17/h5-8,19H,9-12H2,1-4H3. The van der Waals surface area contributed by atoms with Crippen molar-refractivity contribution < 1.29 is 19.2 Å². The van der Waals surface area contributed by atoms with Crippen LogP contribution in [0.15, 0.2) is 24.3 Å². The number of benzene rings is 1. The molecule has 0 amide bonds. The van der Waals surface area contributed by atoms with Gasteiger partial charge in [0.15, 0.2) is 0 Å². The Balaban J connectivity index is 1.57. The Kier molecular flexibility index (Phi) is 3.79. The molecule has 1 aliphatic heterocycles. The molecule has 120 valence electrons. The highest BCUT2D eigenvalue weighted by Crippen LogP contribution is 2.38. The number of hydrogen-bond donors (Lipinski definition) is 1. The molecule has 0 unspecified atom stereocenters. The van der Waals surface area contributed by atoms with Crippen LogP contribution in [0.4, 0.5) is 0 Å². The maximum atomic E-state index is 9.78. The van der Waals surface area contributed by atoms with Gasteiger partial charge in [-0.2, -0.15) is 0 Å². The van der Waals surface area contributed by atoms with E-state index in [1.54, 1.807) is 0 Å². The van der Waals surface area contributed by atoms with Crippen LogP contribution >= 0.6 is 0 Å². The van der Waals surface area contributed by atoms with E-state index in [0.29, 0.717) is 13.0 Å². The number of aliphatic hydroxyl groups is 1. The van der Waals surface area contributed by atoms with Crippen LogP contribution in [-0.2, 0) is 9.31 Å². The fourth-order valence-corrected chi connectivity index (χ4v) is 2.45. The average Bonchev–Trinajstić information content (AvgIpc) is 3.10. The van der Waals surface area contributed by atoms with Crippen LogP contribution in [0.5, 0.6) is 5.75 Å². The number of rotatable bonds is 5. The molecular formula is C17H25BO4. The summed E-state index contributed by atoms with van der Waals surface area (Å²) in [6.45, 7) is 8.74. The highest BCUT2D eigenvalue weighted by atomic mass is 16.7. The highest BCUT2D eigenvalue weighted by molar-refractivity contribution is 6.62. The van der Waals surface area contributed by atoms with Crippen LogP contribution in [0.2, 0.25) is 0 Å². The van der Waals surface area contributed by atoms with Crippen molar-refractivity contribution in [3.05, 3.63) is 24.3 Å². The monoisotopic (exact) mass is 304 g/mol. The maximum Gasteiger partial charge on any atom is 0.494 e. The van der Waals surface area contributed by atoms with E-state index in [4.69, 9.17) is 14.0 Å². The minimum atomic E-state index is -0.456. The van der Waals surface area contributed by atoms with Crippen molar-refractivity contribution in [2.75, 3.05) is 6.61 Å². The van der Waals surface area contributed by atoms with Crippen LogP contribution in [0, 0.1) is 0 Å². The lowest BCUT2D eigenvalue weighted by molar-refractivity contribution is 0.00578. The van der Waals surface area contributed by atoms with Crippen molar-refractivity contribution in [2.24, 2.45) is 0 Å². The van der Waals surface area contributed by atoms with E-state index in [0.717, 1.165) is 24.1 Å². The summed E-state index contributed by atoms with van der Waals surface area (Å²) in [5, 5.41) is 9.78. The fourth-order valence-electron chi connectivity index (χ4n) is 2.45. The molecule has 1 heterocycles. The molecule has 1 saturated heterocycles. The molecule has 5 heteroatoms. The molecule has 0 bridgehead atoms. The van der Waals surface area contributed by atoms with Crippen molar-refractivity contribution in [2.45, 2.75) is 63.8 Å². The molecule has 1 N–H and O–H groups in total. The van der Waals surface area contributed by atoms with Crippen LogP contribution in [0.3, 0.4) is 0 Å². The first-order chi connectivity index (χ1) is 10.2. The average molecular weight is 304 g/mol. The van der Waals surface area contributed by atoms with Crippen LogP contribution in [0.1, 0.15) is 47.0 Å². The molecule has 1 aliphatic carbocycles. The van der Waals surface area contributed by atoms with E-state index in [1.165, 1.54) is 0 Å². The first-order valence-corrected chi connectivity index (χ1v) is 8.02. The van der Waals surface area contributed by atoms with Gasteiger partial charge in [-0.1, -0.05) is 12.1 Å². The first kappa shape index (κ1) is 15.8. The van der Waals surface area contributed by atoms with Crippen molar-refractivity contribution in [1.29, 1.82) is 0 Å². The molecule has 3 rings (SSSR count). The molecule has 0 atom stereocenters. The summed E-state index contributed by atoms with van der Waals surface area (Å²) in [5.74, 6) is 0.810. The third kappa shape index (κ3) is 3.17. The Morgan fingerprint density at radius 1 is 1.05 bits per heavy atom. The van der Waals surface area contributed by atoms with Gasteiger partial charge in [0.05, 0.1) is 23.4 Å². The fraction of sp³-hybridized carbons (Fsp3) is 0.647. The summed E-state index contributed by atoms with van der Waals surface area (Å²) in [7, 11) is -0.341. The Bertz CT molecular complexity index is 518. The van der Waals surface area contributed by atoms with Gasteiger partial charge in [0.25, 0.3) is 0 Å². The van der Waals surface area contributed by atoms with Crippen molar-refractivity contribution in [1.82, 2.24) is 0 Å². The smallest absolute Gasteiger partial charge is 0.493 e. The lowest BCUT2D eigenvalue weighted by atomic mass is 9.79. The van der Waals surface area contributed by atoms with Gasteiger partial charge in [0.2, 0.25) is 0 Å². The summed E-state index contributed by atoms with van der Waals surface area (Å²) in [6.07, 6.45) is 2.50. The quantitative estimate of drug-likeness (QED) is 0.848. The zero-order valence-electron chi connectivity index (χ0n) is 13.9. The summed E-state index contributed by atoms with van der Waals surface area (Å²) >= 11 is 0. The van der Waals surface area contributed by atoms with E-state index in [1.807, 2.05) is 52.0 Å². The van der Waals surface area contributed by atoms with Crippen LogP contribution in [0.25, 0.3) is 0 Å². The summed E-state index contributed by atoms with van der Waals surface area (Å²) in [4.78, 5) is 0. The van der Waals surface area contributed by atoms with Crippen molar-refractivity contribution in [3.63, 3.8) is 0 Å². The van der Waals surface area contributed by atoms with E-state index >= 15 is 0 Å². The van der Waals surface area contributed by atoms with Gasteiger partial charge < -0.3 is 19.2 Å². The van der Waals surface area contributed by atoms with Gasteiger partial charge in [-0.25, -0.2) is 0 Å². The number of ether oxygens (including phenoxy) is 1. The largest absolute Gasteiger partial charge is 0.494 e. The molecule has 1 aromatic carbocycles. The summed E-state index contributed by atoms with van der Waals surface area (Å²) in [5.41, 5.74) is -0.117. The van der Waals surface area contributed by atoms with Crippen molar-refractivity contribution in [3.8, 4) is 5.75 Å². The summed E-state index contributed by atoms with van der Waals surface area (Å²) in [6, 6.07) is 7.81. The Hall–Kier alpha value is -1.04. The lowest BCUT2D eigenvalue weighted by Crippen LogP contribution is -2.41. The van der Waals surface area contributed by atoms with Crippen molar-refractivity contribution >= 4 is 12.6 Å². The highest BCUT2D eigenvalue weighted by Gasteiger charge is 2.51. The second kappa shape index (κ2) is 5.26. The van der Waals surface area contributed by atoms with Gasteiger partial charge in [0.1, 0.15) is 5.75 Å². The Labute approximate surface area is 132 Å². The SMILES string of the molecule is CC1(C)OB(c2ccc(OCCC3(O)CC3)cc2)OC1(C)C. The topological polar surface area (TPSA) is 47.9 Å². The Morgan fingerprint density at radius 3 is 2.09 bits per heavy atom. The molecule has 1 saturated carbocycles. The van der Waals surface area contributed by atoms with Gasteiger partial charge in [0, 0.05) is 6.42 Å². The molecule has 22 heavy (non-hydrogen) atoms. The summed E-state index contributed by atoms with van der Waals surface area (Å²) < 4.78 is 17.7. The third-order valence-corrected chi connectivity index (χ3v) is 5.07. The zero-order valence-corrected chi connectivity index (χ0v) is 13.9. The molecule has 1 aromatic rings. The van der Waals surface area contributed by atoms with Gasteiger partial charge in [-0.15, -0.1) is 0 Å². The van der Waals surface area contributed by atoms with E-state index in [2.05, 4.69) is 0 Å².